The summed E-state index contributed by atoms with van der Waals surface area (Å²) >= 11 is 1.80. The van der Waals surface area contributed by atoms with Gasteiger partial charge in [-0.15, -0.1) is 23.7 Å². The summed E-state index contributed by atoms with van der Waals surface area (Å²) in [7, 11) is 0. The van der Waals surface area contributed by atoms with Crippen molar-refractivity contribution in [1.29, 1.82) is 0 Å². The zero-order valence-corrected chi connectivity index (χ0v) is 13.9. The predicted octanol–water partition coefficient (Wildman–Crippen LogP) is 3.40. The normalized spacial score (nSPS) is 22.2. The highest BCUT2D eigenvalue weighted by Crippen LogP contribution is 2.31. The Morgan fingerprint density at radius 1 is 1.33 bits per heavy atom. The highest BCUT2D eigenvalue weighted by molar-refractivity contribution is 7.15. The third kappa shape index (κ3) is 3.83. The number of halogens is 1. The van der Waals surface area contributed by atoms with Gasteiger partial charge in [-0.3, -0.25) is 4.90 Å². The Kier molecular flexibility index (Phi) is 5.38. The second-order valence-electron chi connectivity index (χ2n) is 5.97. The molecular formula is C16H22ClN3S. The minimum atomic E-state index is 0. The zero-order valence-electron chi connectivity index (χ0n) is 12.3. The van der Waals surface area contributed by atoms with Gasteiger partial charge in [0.25, 0.3) is 0 Å². The molecule has 0 spiro atoms. The average molecular weight is 324 g/mol. The Morgan fingerprint density at radius 2 is 2.10 bits per heavy atom. The third-order valence-corrected chi connectivity index (χ3v) is 5.11. The van der Waals surface area contributed by atoms with Gasteiger partial charge in [0, 0.05) is 29.7 Å². The van der Waals surface area contributed by atoms with Crippen molar-refractivity contribution >= 4 is 23.7 Å². The standard InChI is InChI=1S/C16H21N3S.ClH/c1-16(11-17)7-8-19(12-16)10-14-9-18-15(20-14)13-5-3-2-4-6-13;/h2-6,9H,7-8,10-12,17H2,1H3;1H. The van der Waals surface area contributed by atoms with Crippen LogP contribution in [-0.4, -0.2) is 29.5 Å². The van der Waals surface area contributed by atoms with Crippen LogP contribution < -0.4 is 5.73 Å². The number of thiazole rings is 1. The van der Waals surface area contributed by atoms with Gasteiger partial charge in [0.05, 0.1) is 0 Å². The Balaban J connectivity index is 0.00000161. The molecule has 1 aliphatic heterocycles. The number of rotatable bonds is 4. The van der Waals surface area contributed by atoms with Crippen LogP contribution in [0, 0.1) is 5.41 Å². The van der Waals surface area contributed by atoms with Crippen LogP contribution in [0.3, 0.4) is 0 Å². The Hall–Kier alpha value is -0.940. The number of nitrogens with zero attached hydrogens (tertiary/aromatic N) is 2. The van der Waals surface area contributed by atoms with Gasteiger partial charge in [0.2, 0.25) is 0 Å². The van der Waals surface area contributed by atoms with E-state index >= 15 is 0 Å². The van der Waals surface area contributed by atoms with Crippen molar-refractivity contribution < 1.29 is 0 Å². The number of nitrogens with two attached hydrogens (primary N) is 1. The number of aromatic nitrogens is 1. The quantitative estimate of drug-likeness (QED) is 0.937. The number of likely N-dealkylation sites (tertiary alicyclic amines) is 1. The van der Waals surface area contributed by atoms with Gasteiger partial charge in [-0.1, -0.05) is 37.3 Å². The maximum Gasteiger partial charge on any atom is 0.123 e. The number of hydrogen-bond acceptors (Lipinski definition) is 4. The smallest absolute Gasteiger partial charge is 0.123 e. The fourth-order valence-corrected chi connectivity index (χ4v) is 3.70. The largest absolute Gasteiger partial charge is 0.330 e. The van der Waals surface area contributed by atoms with E-state index in [1.807, 2.05) is 12.3 Å². The third-order valence-electron chi connectivity index (χ3n) is 4.08. The first-order valence-corrected chi connectivity index (χ1v) is 7.93. The first-order chi connectivity index (χ1) is 9.68. The molecule has 0 aliphatic carbocycles. The summed E-state index contributed by atoms with van der Waals surface area (Å²) in [6, 6.07) is 10.4. The fourth-order valence-electron chi connectivity index (χ4n) is 2.74. The lowest BCUT2D eigenvalue weighted by Crippen LogP contribution is -2.30. The minimum Gasteiger partial charge on any atom is -0.330 e. The van der Waals surface area contributed by atoms with Crippen LogP contribution in [-0.2, 0) is 6.54 Å². The van der Waals surface area contributed by atoms with E-state index < -0.39 is 0 Å². The summed E-state index contributed by atoms with van der Waals surface area (Å²) in [5, 5.41) is 1.11. The SMILES string of the molecule is CC1(CN)CCN(Cc2cnc(-c3ccccc3)s2)C1.Cl. The van der Waals surface area contributed by atoms with Gasteiger partial charge >= 0.3 is 0 Å². The summed E-state index contributed by atoms with van der Waals surface area (Å²) < 4.78 is 0. The van der Waals surface area contributed by atoms with Crippen molar-refractivity contribution in [1.82, 2.24) is 9.88 Å². The minimum absolute atomic E-state index is 0. The van der Waals surface area contributed by atoms with E-state index in [-0.39, 0.29) is 12.4 Å². The maximum atomic E-state index is 5.87. The molecule has 3 rings (SSSR count). The molecule has 1 aromatic carbocycles. The summed E-state index contributed by atoms with van der Waals surface area (Å²) in [4.78, 5) is 8.39. The molecule has 114 valence electrons. The zero-order chi connectivity index (χ0) is 14.0. The molecule has 0 radical (unpaired) electrons. The van der Waals surface area contributed by atoms with E-state index in [4.69, 9.17) is 5.73 Å². The summed E-state index contributed by atoms with van der Waals surface area (Å²) in [6.45, 7) is 6.31. The number of hydrogen-bond donors (Lipinski definition) is 1. The summed E-state index contributed by atoms with van der Waals surface area (Å²) in [6.07, 6.45) is 3.22. The predicted molar refractivity (Wildman–Crippen MR) is 91.9 cm³/mol. The van der Waals surface area contributed by atoms with Crippen molar-refractivity contribution in [2.24, 2.45) is 11.1 Å². The Bertz CT molecular complexity index is 572. The first kappa shape index (κ1) is 16.4. The second kappa shape index (κ2) is 6.88. The van der Waals surface area contributed by atoms with Gasteiger partial charge in [-0.2, -0.15) is 0 Å². The van der Waals surface area contributed by atoms with Crippen LogP contribution in [0.5, 0.6) is 0 Å². The lowest BCUT2D eigenvalue weighted by atomic mass is 9.90. The molecule has 1 atom stereocenters. The van der Waals surface area contributed by atoms with Crippen LogP contribution >= 0.6 is 23.7 Å². The van der Waals surface area contributed by atoms with E-state index in [0.717, 1.165) is 31.2 Å². The molecule has 5 heteroatoms. The van der Waals surface area contributed by atoms with E-state index in [2.05, 4.69) is 41.1 Å². The monoisotopic (exact) mass is 323 g/mol. The summed E-state index contributed by atoms with van der Waals surface area (Å²) in [5.41, 5.74) is 7.37. The van der Waals surface area contributed by atoms with Crippen LogP contribution in [0.15, 0.2) is 36.5 Å². The average Bonchev–Trinajstić information content (AvgIpc) is 3.08. The summed E-state index contributed by atoms with van der Waals surface area (Å²) in [5.74, 6) is 0. The van der Waals surface area contributed by atoms with Crippen LogP contribution in [0.2, 0.25) is 0 Å². The van der Waals surface area contributed by atoms with E-state index in [0.29, 0.717) is 5.41 Å². The maximum absolute atomic E-state index is 5.87. The van der Waals surface area contributed by atoms with Gasteiger partial charge < -0.3 is 5.73 Å². The van der Waals surface area contributed by atoms with E-state index in [1.165, 1.54) is 16.9 Å². The van der Waals surface area contributed by atoms with E-state index in [1.54, 1.807) is 11.3 Å². The van der Waals surface area contributed by atoms with Crippen LogP contribution in [0.25, 0.3) is 10.6 Å². The topological polar surface area (TPSA) is 42.1 Å². The van der Waals surface area contributed by atoms with Crippen molar-refractivity contribution in [3.63, 3.8) is 0 Å². The highest BCUT2D eigenvalue weighted by Gasteiger charge is 2.32. The molecule has 2 N–H and O–H groups in total. The lowest BCUT2D eigenvalue weighted by molar-refractivity contribution is 0.276. The molecule has 0 saturated carbocycles. The fraction of sp³-hybridized carbons (Fsp3) is 0.438. The van der Waals surface area contributed by atoms with Gasteiger partial charge in [-0.05, 0) is 24.9 Å². The molecule has 21 heavy (non-hydrogen) atoms. The van der Waals surface area contributed by atoms with Gasteiger partial charge in [0.15, 0.2) is 0 Å². The molecule has 1 aliphatic rings. The molecule has 2 heterocycles. The molecule has 1 fully saturated rings. The molecular weight excluding hydrogens is 302 g/mol. The number of benzene rings is 1. The molecule has 3 nitrogen and oxygen atoms in total. The van der Waals surface area contributed by atoms with Gasteiger partial charge in [-0.25, -0.2) is 4.98 Å². The molecule has 1 saturated heterocycles. The van der Waals surface area contributed by atoms with Crippen molar-refractivity contribution in [3.05, 3.63) is 41.4 Å². The highest BCUT2D eigenvalue weighted by atomic mass is 35.5. The molecule has 0 bridgehead atoms. The van der Waals surface area contributed by atoms with E-state index in [9.17, 15) is 0 Å². The van der Waals surface area contributed by atoms with Crippen molar-refractivity contribution in [2.75, 3.05) is 19.6 Å². The van der Waals surface area contributed by atoms with Crippen molar-refractivity contribution in [2.45, 2.75) is 19.9 Å². The Labute approximate surface area is 136 Å². The molecule has 0 amide bonds. The second-order valence-corrected chi connectivity index (χ2v) is 7.09. The Morgan fingerprint density at radius 3 is 2.76 bits per heavy atom. The van der Waals surface area contributed by atoms with Crippen LogP contribution in [0.4, 0.5) is 0 Å². The van der Waals surface area contributed by atoms with Crippen molar-refractivity contribution in [3.8, 4) is 10.6 Å². The molecule has 1 unspecified atom stereocenters. The first-order valence-electron chi connectivity index (χ1n) is 7.11. The van der Waals surface area contributed by atoms with Crippen LogP contribution in [0.1, 0.15) is 18.2 Å². The lowest BCUT2D eigenvalue weighted by Gasteiger charge is -2.22. The molecule has 2 aromatic rings. The van der Waals surface area contributed by atoms with Gasteiger partial charge in [0.1, 0.15) is 5.01 Å². The molecule has 1 aromatic heterocycles.